The summed E-state index contributed by atoms with van der Waals surface area (Å²) in [7, 11) is 0. The molecule has 1 fully saturated rings. The molecule has 1 spiro atoms. The Hall–Kier alpha value is -3.90. The Bertz CT molecular complexity index is 1580. The minimum atomic E-state index is 0.0551. The van der Waals surface area contributed by atoms with Crippen LogP contribution in [0.15, 0.2) is 65.2 Å². The summed E-state index contributed by atoms with van der Waals surface area (Å²) in [6.07, 6.45) is 2.99. The van der Waals surface area contributed by atoms with Crippen LogP contribution in [-0.4, -0.2) is 36.8 Å². The van der Waals surface area contributed by atoms with Gasteiger partial charge < -0.3 is 19.5 Å². The SMILES string of the molecule is Cc1cc(-c2ccc(-c3ccc(C(=O)N4c5cc6c(cc5C[C@H]4C)OCC64CCNCC4)cc3)c(C)c2)no1. The Kier molecular flexibility index (Phi) is 5.63. The number of aromatic nitrogens is 1. The number of ether oxygens (including phenoxy) is 1. The topological polar surface area (TPSA) is 67.6 Å². The lowest BCUT2D eigenvalue weighted by Crippen LogP contribution is -2.41. The van der Waals surface area contributed by atoms with E-state index in [0.29, 0.717) is 5.56 Å². The van der Waals surface area contributed by atoms with Crippen LogP contribution in [0.25, 0.3) is 22.4 Å². The molecular weight excluding hydrogens is 486 g/mol. The Balaban J connectivity index is 1.16. The molecule has 4 heterocycles. The molecule has 1 N–H and O–H groups in total. The third kappa shape index (κ3) is 3.97. The van der Waals surface area contributed by atoms with Crippen molar-refractivity contribution in [3.8, 4) is 28.1 Å². The second-order valence-corrected chi connectivity index (χ2v) is 11.5. The Morgan fingerprint density at radius 3 is 2.49 bits per heavy atom. The fourth-order valence-electron chi connectivity index (χ4n) is 6.68. The predicted octanol–water partition coefficient (Wildman–Crippen LogP) is 6.23. The first-order chi connectivity index (χ1) is 18.9. The van der Waals surface area contributed by atoms with Crippen LogP contribution in [0.1, 0.15) is 52.6 Å². The summed E-state index contributed by atoms with van der Waals surface area (Å²) in [6, 6.07) is 20.8. The zero-order valence-corrected chi connectivity index (χ0v) is 22.7. The van der Waals surface area contributed by atoms with E-state index in [1.165, 1.54) is 11.1 Å². The van der Waals surface area contributed by atoms with Gasteiger partial charge in [0.25, 0.3) is 5.91 Å². The Labute approximate surface area is 229 Å². The molecule has 0 unspecified atom stereocenters. The molecule has 3 aromatic carbocycles. The molecule has 1 aromatic heterocycles. The van der Waals surface area contributed by atoms with Gasteiger partial charge in [0.15, 0.2) is 0 Å². The zero-order valence-electron chi connectivity index (χ0n) is 22.7. The van der Waals surface area contributed by atoms with Crippen LogP contribution in [0, 0.1) is 13.8 Å². The fraction of sp³-hybridized carbons (Fsp3) is 0.333. The van der Waals surface area contributed by atoms with Crippen LogP contribution >= 0.6 is 0 Å². The van der Waals surface area contributed by atoms with Gasteiger partial charge in [0.05, 0.1) is 6.61 Å². The molecule has 4 aromatic rings. The summed E-state index contributed by atoms with van der Waals surface area (Å²) in [4.78, 5) is 15.9. The molecule has 198 valence electrons. The van der Waals surface area contributed by atoms with Gasteiger partial charge in [-0.2, -0.15) is 0 Å². The molecule has 7 rings (SSSR count). The minimum absolute atomic E-state index is 0.0551. The normalized spacial score (nSPS) is 19.2. The maximum atomic E-state index is 13.9. The van der Waals surface area contributed by atoms with E-state index < -0.39 is 0 Å². The van der Waals surface area contributed by atoms with E-state index in [1.54, 1.807) is 0 Å². The lowest BCUT2D eigenvalue weighted by molar-refractivity contribution is 0.0981. The monoisotopic (exact) mass is 519 g/mol. The minimum Gasteiger partial charge on any atom is -0.492 e. The summed E-state index contributed by atoms with van der Waals surface area (Å²) in [6.45, 7) is 8.90. The number of anilines is 1. The number of benzene rings is 3. The number of nitrogens with one attached hydrogen (secondary N) is 1. The molecule has 0 aliphatic carbocycles. The van der Waals surface area contributed by atoms with Gasteiger partial charge >= 0.3 is 0 Å². The molecular formula is C33H33N3O3. The van der Waals surface area contributed by atoms with E-state index >= 15 is 0 Å². The van der Waals surface area contributed by atoms with Crippen LogP contribution in [0.3, 0.4) is 0 Å². The van der Waals surface area contributed by atoms with Crippen molar-refractivity contribution in [1.82, 2.24) is 10.5 Å². The van der Waals surface area contributed by atoms with Gasteiger partial charge in [0.2, 0.25) is 0 Å². The van der Waals surface area contributed by atoms with E-state index in [-0.39, 0.29) is 17.4 Å². The second kappa shape index (κ2) is 9.09. The number of piperidine rings is 1. The summed E-state index contributed by atoms with van der Waals surface area (Å²) in [5.41, 5.74) is 9.56. The largest absolute Gasteiger partial charge is 0.492 e. The lowest BCUT2D eigenvalue weighted by atomic mass is 9.74. The molecule has 0 saturated carbocycles. The molecule has 3 aliphatic heterocycles. The average molecular weight is 520 g/mol. The quantitative estimate of drug-likeness (QED) is 0.348. The molecule has 1 saturated heterocycles. The summed E-state index contributed by atoms with van der Waals surface area (Å²) >= 11 is 0. The van der Waals surface area contributed by atoms with Crippen molar-refractivity contribution >= 4 is 11.6 Å². The Morgan fingerprint density at radius 2 is 1.77 bits per heavy atom. The smallest absolute Gasteiger partial charge is 0.258 e. The van der Waals surface area contributed by atoms with Crippen molar-refractivity contribution in [2.75, 3.05) is 24.6 Å². The highest BCUT2D eigenvalue weighted by Gasteiger charge is 2.44. The fourth-order valence-corrected chi connectivity index (χ4v) is 6.68. The van der Waals surface area contributed by atoms with Crippen molar-refractivity contribution < 1.29 is 14.1 Å². The number of amides is 1. The number of hydrogen-bond donors (Lipinski definition) is 1. The van der Waals surface area contributed by atoms with Crippen molar-refractivity contribution in [3.05, 3.63) is 88.7 Å². The van der Waals surface area contributed by atoms with E-state index in [4.69, 9.17) is 9.26 Å². The number of carbonyl (C=O) groups excluding carboxylic acids is 1. The highest BCUT2D eigenvalue weighted by Crippen LogP contribution is 2.49. The first kappa shape index (κ1) is 24.2. The maximum Gasteiger partial charge on any atom is 0.258 e. The number of nitrogens with zero attached hydrogens (tertiary/aromatic N) is 2. The van der Waals surface area contributed by atoms with Gasteiger partial charge in [0, 0.05) is 39.9 Å². The summed E-state index contributed by atoms with van der Waals surface area (Å²) in [5.74, 6) is 1.87. The van der Waals surface area contributed by atoms with Crippen LogP contribution in [0.2, 0.25) is 0 Å². The van der Waals surface area contributed by atoms with Gasteiger partial charge in [-0.15, -0.1) is 0 Å². The van der Waals surface area contributed by atoms with Gasteiger partial charge in [-0.05, 0) is 106 Å². The van der Waals surface area contributed by atoms with Crippen LogP contribution < -0.4 is 15.0 Å². The van der Waals surface area contributed by atoms with Crippen LogP contribution in [-0.2, 0) is 11.8 Å². The second-order valence-electron chi connectivity index (χ2n) is 11.5. The van der Waals surface area contributed by atoms with Gasteiger partial charge in [-0.1, -0.05) is 29.4 Å². The zero-order chi connectivity index (χ0) is 26.7. The van der Waals surface area contributed by atoms with Crippen molar-refractivity contribution in [2.24, 2.45) is 0 Å². The van der Waals surface area contributed by atoms with Crippen LogP contribution in [0.4, 0.5) is 5.69 Å². The maximum absolute atomic E-state index is 13.9. The molecule has 1 amide bonds. The number of hydrogen-bond acceptors (Lipinski definition) is 5. The first-order valence-corrected chi connectivity index (χ1v) is 13.9. The molecule has 3 aliphatic rings. The van der Waals surface area contributed by atoms with E-state index in [0.717, 1.165) is 84.1 Å². The average Bonchev–Trinajstić information content (AvgIpc) is 3.62. The lowest BCUT2D eigenvalue weighted by Gasteiger charge is -2.33. The number of aryl methyl sites for hydroxylation is 2. The number of rotatable bonds is 3. The highest BCUT2D eigenvalue weighted by molar-refractivity contribution is 6.08. The van der Waals surface area contributed by atoms with Crippen molar-refractivity contribution in [2.45, 2.75) is 51.5 Å². The highest BCUT2D eigenvalue weighted by atomic mass is 16.5. The standard InChI is InChI=1S/C33H33N3O3/c1-20-14-25(29-16-22(3)39-35-29)8-9-27(20)23-4-6-24(7-5-23)32(37)36-21(2)15-26-17-31-28(18-30(26)36)33(19-38-31)10-12-34-13-11-33/h4-9,14,16-18,21,34H,10-13,15,19H2,1-3H3/t21-/m1/s1. The summed E-state index contributed by atoms with van der Waals surface area (Å²) < 4.78 is 11.4. The molecule has 39 heavy (non-hydrogen) atoms. The molecule has 6 heteroatoms. The Morgan fingerprint density at radius 1 is 1.00 bits per heavy atom. The molecule has 1 atom stereocenters. The molecule has 0 radical (unpaired) electrons. The molecule has 0 bridgehead atoms. The van der Waals surface area contributed by atoms with Gasteiger partial charge in [0.1, 0.15) is 17.2 Å². The van der Waals surface area contributed by atoms with Crippen LogP contribution in [0.5, 0.6) is 5.75 Å². The summed E-state index contributed by atoms with van der Waals surface area (Å²) in [5, 5.41) is 7.62. The van der Waals surface area contributed by atoms with Gasteiger partial charge in [-0.25, -0.2) is 0 Å². The van der Waals surface area contributed by atoms with E-state index in [1.807, 2.05) is 30.0 Å². The third-order valence-corrected chi connectivity index (χ3v) is 8.84. The third-order valence-electron chi connectivity index (χ3n) is 8.84. The predicted molar refractivity (Wildman–Crippen MR) is 153 cm³/mol. The van der Waals surface area contributed by atoms with Crippen molar-refractivity contribution in [1.29, 1.82) is 0 Å². The number of fused-ring (bicyclic) bond motifs is 3. The number of carbonyl (C=O) groups is 1. The molecule has 6 nitrogen and oxygen atoms in total. The van der Waals surface area contributed by atoms with Crippen molar-refractivity contribution in [3.63, 3.8) is 0 Å². The van der Waals surface area contributed by atoms with E-state index in [9.17, 15) is 4.79 Å². The van der Waals surface area contributed by atoms with E-state index in [2.05, 4.69) is 66.8 Å². The van der Waals surface area contributed by atoms with Gasteiger partial charge in [-0.3, -0.25) is 4.79 Å². The first-order valence-electron chi connectivity index (χ1n) is 13.9.